The third-order valence-corrected chi connectivity index (χ3v) is 2.59. The molecule has 102 valence electrons. The molecule has 0 bridgehead atoms. The maximum absolute atomic E-state index is 12.8. The van der Waals surface area contributed by atoms with Crippen molar-refractivity contribution in [3.05, 3.63) is 35.4 Å². The van der Waals surface area contributed by atoms with E-state index in [-0.39, 0.29) is 24.5 Å². The van der Waals surface area contributed by atoms with Crippen molar-refractivity contribution in [2.75, 3.05) is 6.61 Å². The molecule has 4 nitrogen and oxygen atoms in total. The summed E-state index contributed by atoms with van der Waals surface area (Å²) >= 11 is 0. The topological polar surface area (TPSA) is 58.9 Å². The fourth-order valence-corrected chi connectivity index (χ4v) is 1.79. The van der Waals surface area contributed by atoms with Gasteiger partial charge in [0, 0.05) is 5.56 Å². The number of carboxylic acid groups (broad SMARTS) is 1. The molecule has 0 spiro atoms. The SMILES string of the molecule is O=C(O)CC1COC(c2ccccc2C(F)(F)F)=N1. The molecule has 0 saturated carbocycles. The van der Waals surface area contributed by atoms with Gasteiger partial charge < -0.3 is 9.84 Å². The second kappa shape index (κ2) is 4.91. The van der Waals surface area contributed by atoms with Gasteiger partial charge in [0.2, 0.25) is 5.90 Å². The third kappa shape index (κ3) is 3.04. The number of carbonyl (C=O) groups is 1. The zero-order valence-electron chi connectivity index (χ0n) is 9.65. The first-order valence-corrected chi connectivity index (χ1v) is 5.47. The van der Waals surface area contributed by atoms with Gasteiger partial charge in [0.25, 0.3) is 0 Å². The van der Waals surface area contributed by atoms with Crippen molar-refractivity contribution in [3.8, 4) is 0 Å². The quantitative estimate of drug-likeness (QED) is 0.919. The summed E-state index contributed by atoms with van der Waals surface area (Å²) in [6, 6.07) is 4.27. The Morgan fingerprint density at radius 2 is 2.11 bits per heavy atom. The summed E-state index contributed by atoms with van der Waals surface area (Å²) in [4.78, 5) is 14.4. The Labute approximate surface area is 106 Å². The lowest BCUT2D eigenvalue weighted by Gasteiger charge is -2.11. The van der Waals surface area contributed by atoms with Crippen molar-refractivity contribution in [2.45, 2.75) is 18.6 Å². The van der Waals surface area contributed by atoms with E-state index >= 15 is 0 Å². The van der Waals surface area contributed by atoms with Crippen LogP contribution in [0.2, 0.25) is 0 Å². The van der Waals surface area contributed by atoms with Crippen LogP contribution in [0.3, 0.4) is 0 Å². The number of ether oxygens (including phenoxy) is 1. The Balaban J connectivity index is 2.31. The lowest BCUT2D eigenvalue weighted by Crippen LogP contribution is -2.13. The van der Waals surface area contributed by atoms with Crippen LogP contribution >= 0.6 is 0 Å². The summed E-state index contributed by atoms with van der Waals surface area (Å²) in [6.45, 7) is -0.0200. The molecular formula is C12H10F3NO3. The Hall–Kier alpha value is -2.05. The highest BCUT2D eigenvalue weighted by Gasteiger charge is 2.36. The van der Waals surface area contributed by atoms with Gasteiger partial charge in [-0.25, -0.2) is 4.99 Å². The van der Waals surface area contributed by atoms with Gasteiger partial charge in [-0.05, 0) is 12.1 Å². The first kappa shape index (κ1) is 13.4. The summed E-state index contributed by atoms with van der Waals surface area (Å²) in [5.41, 5.74) is -1.01. The smallest absolute Gasteiger partial charge is 0.417 e. The molecular weight excluding hydrogens is 263 g/mol. The van der Waals surface area contributed by atoms with Crippen LogP contribution in [0.1, 0.15) is 17.5 Å². The van der Waals surface area contributed by atoms with Crippen LogP contribution in [0.4, 0.5) is 13.2 Å². The standard InChI is InChI=1S/C12H10F3NO3/c13-12(14,15)9-4-2-1-3-8(9)11-16-7(6-19-11)5-10(17)18/h1-4,7H,5-6H2,(H,17,18). The number of benzene rings is 1. The average molecular weight is 273 g/mol. The van der Waals surface area contributed by atoms with Crippen molar-refractivity contribution in [3.63, 3.8) is 0 Å². The van der Waals surface area contributed by atoms with Crippen LogP contribution in [0.25, 0.3) is 0 Å². The largest absolute Gasteiger partial charge is 0.481 e. The predicted molar refractivity (Wildman–Crippen MR) is 60.0 cm³/mol. The third-order valence-electron chi connectivity index (χ3n) is 2.59. The van der Waals surface area contributed by atoms with E-state index in [0.29, 0.717) is 0 Å². The molecule has 0 radical (unpaired) electrons. The number of aliphatic carboxylic acids is 1. The first-order valence-electron chi connectivity index (χ1n) is 5.47. The van der Waals surface area contributed by atoms with Gasteiger partial charge >= 0.3 is 12.1 Å². The molecule has 19 heavy (non-hydrogen) atoms. The van der Waals surface area contributed by atoms with Gasteiger partial charge in [0.05, 0.1) is 18.0 Å². The molecule has 1 atom stereocenters. The maximum Gasteiger partial charge on any atom is 0.417 e. The Bertz CT molecular complexity index is 525. The van der Waals surface area contributed by atoms with Gasteiger partial charge in [-0.3, -0.25) is 4.79 Å². The Kier molecular flexibility index (Phi) is 3.46. The average Bonchev–Trinajstić information content (AvgIpc) is 2.75. The lowest BCUT2D eigenvalue weighted by atomic mass is 10.1. The van der Waals surface area contributed by atoms with Gasteiger partial charge in [-0.15, -0.1) is 0 Å². The summed E-state index contributed by atoms with van der Waals surface area (Å²) in [6.07, 6.45) is -4.77. The van der Waals surface area contributed by atoms with E-state index in [1.807, 2.05) is 0 Å². The second-order valence-electron chi connectivity index (χ2n) is 4.04. The molecule has 1 aromatic rings. The molecule has 0 saturated heterocycles. The molecule has 0 aromatic heterocycles. The molecule has 1 aromatic carbocycles. The zero-order chi connectivity index (χ0) is 14.0. The van der Waals surface area contributed by atoms with Crippen molar-refractivity contribution >= 4 is 11.9 Å². The normalized spacial score (nSPS) is 18.9. The summed E-state index contributed by atoms with van der Waals surface area (Å²) < 4.78 is 43.5. The summed E-state index contributed by atoms with van der Waals surface area (Å²) in [7, 11) is 0. The van der Waals surface area contributed by atoms with Crippen LogP contribution < -0.4 is 0 Å². The van der Waals surface area contributed by atoms with Gasteiger partial charge in [-0.1, -0.05) is 12.1 Å². The molecule has 1 aliphatic rings. The summed E-state index contributed by atoms with van der Waals surface area (Å²) in [5, 5.41) is 8.61. The number of nitrogens with zero attached hydrogens (tertiary/aromatic N) is 1. The van der Waals surface area contributed by atoms with Crippen LogP contribution in [0, 0.1) is 0 Å². The fourth-order valence-electron chi connectivity index (χ4n) is 1.79. The second-order valence-corrected chi connectivity index (χ2v) is 4.04. The number of rotatable bonds is 3. The predicted octanol–water partition coefficient (Wildman–Crippen LogP) is 2.33. The number of carboxylic acids is 1. The van der Waals surface area contributed by atoms with Crippen LogP contribution in [0.15, 0.2) is 29.3 Å². The monoisotopic (exact) mass is 273 g/mol. The molecule has 0 amide bonds. The molecule has 1 N–H and O–H groups in total. The number of hydrogen-bond donors (Lipinski definition) is 1. The van der Waals surface area contributed by atoms with Gasteiger partial charge in [-0.2, -0.15) is 13.2 Å². The van der Waals surface area contributed by atoms with Crippen molar-refractivity contribution in [1.82, 2.24) is 0 Å². The van der Waals surface area contributed by atoms with E-state index in [2.05, 4.69) is 4.99 Å². The minimum Gasteiger partial charge on any atom is -0.481 e. The molecule has 2 rings (SSSR count). The highest BCUT2D eigenvalue weighted by atomic mass is 19.4. The number of aliphatic imine (C=N–C) groups is 1. The van der Waals surface area contributed by atoms with E-state index in [0.717, 1.165) is 6.07 Å². The van der Waals surface area contributed by atoms with Crippen LogP contribution in [-0.4, -0.2) is 29.6 Å². The minimum atomic E-state index is -4.51. The highest BCUT2D eigenvalue weighted by molar-refractivity contribution is 5.97. The van der Waals surface area contributed by atoms with E-state index < -0.39 is 23.8 Å². The van der Waals surface area contributed by atoms with Crippen molar-refractivity contribution in [2.24, 2.45) is 4.99 Å². The van der Waals surface area contributed by atoms with E-state index in [9.17, 15) is 18.0 Å². The van der Waals surface area contributed by atoms with Crippen LogP contribution in [0.5, 0.6) is 0 Å². The number of halogens is 3. The van der Waals surface area contributed by atoms with Gasteiger partial charge in [0.1, 0.15) is 6.61 Å². The highest BCUT2D eigenvalue weighted by Crippen LogP contribution is 2.33. The molecule has 1 aliphatic heterocycles. The molecule has 0 aliphatic carbocycles. The Morgan fingerprint density at radius 3 is 2.74 bits per heavy atom. The molecule has 0 fully saturated rings. The van der Waals surface area contributed by atoms with Gasteiger partial charge in [0.15, 0.2) is 0 Å². The summed E-state index contributed by atoms with van der Waals surface area (Å²) in [5.74, 6) is -1.22. The Morgan fingerprint density at radius 1 is 1.42 bits per heavy atom. The van der Waals surface area contributed by atoms with E-state index in [1.54, 1.807) is 0 Å². The minimum absolute atomic E-state index is 0.0200. The number of alkyl halides is 3. The van der Waals surface area contributed by atoms with Crippen molar-refractivity contribution < 1.29 is 27.8 Å². The fraction of sp³-hybridized carbons (Fsp3) is 0.333. The number of hydrogen-bond acceptors (Lipinski definition) is 3. The first-order chi connectivity index (χ1) is 8.88. The van der Waals surface area contributed by atoms with E-state index in [1.165, 1.54) is 18.2 Å². The molecule has 1 unspecified atom stereocenters. The van der Waals surface area contributed by atoms with Crippen LogP contribution in [-0.2, 0) is 15.7 Å². The molecule has 1 heterocycles. The van der Waals surface area contributed by atoms with Crippen molar-refractivity contribution in [1.29, 1.82) is 0 Å². The lowest BCUT2D eigenvalue weighted by molar-refractivity contribution is -0.138. The molecule has 7 heteroatoms. The van der Waals surface area contributed by atoms with E-state index in [4.69, 9.17) is 9.84 Å². The zero-order valence-corrected chi connectivity index (χ0v) is 9.65. The maximum atomic E-state index is 12.8.